The van der Waals surface area contributed by atoms with Gasteiger partial charge in [-0.05, 0) is 51.8 Å². The SMILES string of the molecule is OCC1OC(Sc2cncc(Br)c2)C(OCc2cc(F)c(O)c(F)c2)C(n2cc(-c3cc(F)c(F)c(F)c3)nn2)C1O. The Labute approximate surface area is 247 Å². The van der Waals surface area contributed by atoms with Gasteiger partial charge in [-0.15, -0.1) is 5.10 Å². The molecule has 0 radical (unpaired) electrons. The molecule has 0 bridgehead atoms. The maximum atomic E-state index is 14.0. The number of aliphatic hydroxyl groups is 2. The van der Waals surface area contributed by atoms with E-state index < -0.39 is 77.8 Å². The molecule has 3 heterocycles. The molecule has 0 saturated carbocycles. The van der Waals surface area contributed by atoms with E-state index in [9.17, 15) is 37.3 Å². The zero-order valence-corrected chi connectivity index (χ0v) is 23.4. The van der Waals surface area contributed by atoms with Crippen molar-refractivity contribution in [1.29, 1.82) is 0 Å². The number of aliphatic hydroxyl groups excluding tert-OH is 2. The van der Waals surface area contributed by atoms with Crippen LogP contribution >= 0.6 is 27.7 Å². The standard InChI is InChI=1S/C26H20BrF5N4O5S/c27-13-5-14(7-33-6-13)42-26-25(40-10-11-1-17(30)23(38)18(31)2-11)22(24(39)20(9-37)41-26)36-8-19(34-35-36)12-3-15(28)21(32)16(29)4-12/h1-8,20,22,24-26,37-39H,9-10H2. The van der Waals surface area contributed by atoms with Crippen LogP contribution in [-0.2, 0) is 16.1 Å². The minimum atomic E-state index is -1.66. The summed E-state index contributed by atoms with van der Waals surface area (Å²) >= 11 is 4.43. The largest absolute Gasteiger partial charge is 0.503 e. The maximum absolute atomic E-state index is 14.0. The fourth-order valence-corrected chi connectivity index (χ4v) is 6.05. The monoisotopic (exact) mass is 674 g/mol. The van der Waals surface area contributed by atoms with Gasteiger partial charge >= 0.3 is 0 Å². The third-order valence-corrected chi connectivity index (χ3v) is 7.91. The number of pyridine rings is 1. The number of aromatic hydroxyl groups is 1. The average molecular weight is 675 g/mol. The fraction of sp³-hybridized carbons (Fsp3) is 0.269. The molecular weight excluding hydrogens is 655 g/mol. The first kappa shape index (κ1) is 30.3. The molecule has 4 aromatic rings. The van der Waals surface area contributed by atoms with Crippen LogP contribution in [0.1, 0.15) is 11.6 Å². The molecule has 5 rings (SSSR count). The van der Waals surface area contributed by atoms with Crippen molar-refractivity contribution in [2.24, 2.45) is 0 Å². The molecule has 42 heavy (non-hydrogen) atoms. The first-order chi connectivity index (χ1) is 20.0. The smallest absolute Gasteiger partial charge is 0.194 e. The summed E-state index contributed by atoms with van der Waals surface area (Å²) in [5.41, 5.74) is -1.19. The molecule has 1 aliphatic rings. The number of phenolic OH excluding ortho intramolecular Hbond substituents is 1. The van der Waals surface area contributed by atoms with Crippen LogP contribution in [0.25, 0.3) is 11.3 Å². The third-order valence-electron chi connectivity index (χ3n) is 6.37. The highest BCUT2D eigenvalue weighted by Crippen LogP contribution is 2.41. The first-order valence-corrected chi connectivity index (χ1v) is 13.8. The number of ether oxygens (including phenoxy) is 2. The predicted molar refractivity (Wildman–Crippen MR) is 141 cm³/mol. The van der Waals surface area contributed by atoms with Crippen molar-refractivity contribution >= 4 is 27.7 Å². The Hall–Kier alpha value is -3.15. The number of hydrogen-bond acceptors (Lipinski definition) is 9. The van der Waals surface area contributed by atoms with Gasteiger partial charge in [-0.25, -0.2) is 26.6 Å². The predicted octanol–water partition coefficient (Wildman–Crippen LogP) is 4.50. The summed E-state index contributed by atoms with van der Waals surface area (Å²) in [6.45, 7) is -1.04. The molecule has 5 atom stereocenters. The van der Waals surface area contributed by atoms with Gasteiger partial charge in [-0.2, -0.15) is 0 Å². The lowest BCUT2D eigenvalue weighted by Gasteiger charge is -2.43. The van der Waals surface area contributed by atoms with E-state index >= 15 is 0 Å². The van der Waals surface area contributed by atoms with Crippen molar-refractivity contribution in [2.45, 2.75) is 41.3 Å². The highest BCUT2D eigenvalue weighted by Gasteiger charge is 2.48. The van der Waals surface area contributed by atoms with Crippen LogP contribution in [-0.4, -0.2) is 65.7 Å². The van der Waals surface area contributed by atoms with E-state index in [-0.39, 0.29) is 16.8 Å². The second-order valence-corrected chi connectivity index (χ2v) is 11.3. The van der Waals surface area contributed by atoms with Gasteiger partial charge in [-0.1, -0.05) is 17.0 Å². The molecule has 0 spiro atoms. The number of benzene rings is 2. The van der Waals surface area contributed by atoms with E-state index in [0.29, 0.717) is 9.37 Å². The zero-order chi connectivity index (χ0) is 30.1. The van der Waals surface area contributed by atoms with Gasteiger partial charge in [0.1, 0.15) is 35.5 Å². The Balaban J connectivity index is 1.53. The lowest BCUT2D eigenvalue weighted by Crippen LogP contribution is -2.55. The number of aromatic nitrogens is 4. The summed E-state index contributed by atoms with van der Waals surface area (Å²) in [6.07, 6.45) is 0.516. The second-order valence-electron chi connectivity index (χ2n) is 9.18. The van der Waals surface area contributed by atoms with E-state index in [2.05, 4.69) is 31.2 Å². The van der Waals surface area contributed by atoms with Crippen molar-refractivity contribution in [1.82, 2.24) is 20.0 Å². The highest BCUT2D eigenvalue weighted by molar-refractivity contribution is 9.10. The van der Waals surface area contributed by atoms with E-state index in [1.807, 2.05) is 0 Å². The summed E-state index contributed by atoms with van der Waals surface area (Å²) in [4.78, 5) is 4.69. The molecular formula is C26H20BrF5N4O5S. The van der Waals surface area contributed by atoms with E-state index in [0.717, 1.165) is 40.7 Å². The third kappa shape index (κ3) is 6.28. The Morgan fingerprint density at radius 3 is 2.33 bits per heavy atom. The lowest BCUT2D eigenvalue weighted by atomic mass is 9.97. The number of thioether (sulfide) groups is 1. The minimum absolute atomic E-state index is 0.00438. The number of hydrogen-bond donors (Lipinski definition) is 3. The minimum Gasteiger partial charge on any atom is -0.503 e. The molecule has 3 N–H and O–H groups in total. The van der Waals surface area contributed by atoms with Crippen LogP contribution in [0.5, 0.6) is 5.75 Å². The Kier molecular flexibility index (Phi) is 9.10. The van der Waals surface area contributed by atoms with Crippen LogP contribution in [0.2, 0.25) is 0 Å². The lowest BCUT2D eigenvalue weighted by molar-refractivity contribution is -0.196. The summed E-state index contributed by atoms with van der Waals surface area (Å²) < 4.78 is 83.0. The highest BCUT2D eigenvalue weighted by atomic mass is 79.9. The summed E-state index contributed by atoms with van der Waals surface area (Å²) in [5.74, 6) is -8.13. The van der Waals surface area contributed by atoms with Crippen molar-refractivity contribution in [3.8, 4) is 17.0 Å². The molecule has 9 nitrogen and oxygen atoms in total. The van der Waals surface area contributed by atoms with Crippen LogP contribution < -0.4 is 0 Å². The fourth-order valence-electron chi connectivity index (χ4n) is 4.38. The number of phenols is 1. The van der Waals surface area contributed by atoms with Gasteiger partial charge in [0.2, 0.25) is 0 Å². The van der Waals surface area contributed by atoms with Gasteiger partial charge < -0.3 is 24.8 Å². The van der Waals surface area contributed by atoms with E-state index in [4.69, 9.17) is 9.47 Å². The van der Waals surface area contributed by atoms with E-state index in [1.54, 1.807) is 12.3 Å². The molecule has 222 valence electrons. The summed E-state index contributed by atoms with van der Waals surface area (Å²) in [5, 5.41) is 38.5. The van der Waals surface area contributed by atoms with Gasteiger partial charge in [0.15, 0.2) is 34.8 Å². The van der Waals surface area contributed by atoms with Crippen molar-refractivity contribution in [2.75, 3.05) is 6.61 Å². The van der Waals surface area contributed by atoms with Crippen LogP contribution in [0, 0.1) is 29.1 Å². The molecule has 0 amide bonds. The van der Waals surface area contributed by atoms with Crippen molar-refractivity contribution < 1.29 is 46.7 Å². The van der Waals surface area contributed by atoms with Gasteiger partial charge in [-0.3, -0.25) is 4.98 Å². The number of nitrogens with zero attached hydrogens (tertiary/aromatic N) is 4. The van der Waals surface area contributed by atoms with Crippen molar-refractivity contribution in [3.05, 3.63) is 88.0 Å². The van der Waals surface area contributed by atoms with Crippen LogP contribution in [0.15, 0.2) is 58.3 Å². The second kappa shape index (κ2) is 12.6. The molecule has 2 aromatic heterocycles. The molecule has 5 unspecified atom stereocenters. The molecule has 1 aliphatic heterocycles. The molecule has 0 aliphatic carbocycles. The molecule has 2 aromatic carbocycles. The summed E-state index contributed by atoms with van der Waals surface area (Å²) in [7, 11) is 0. The van der Waals surface area contributed by atoms with Gasteiger partial charge in [0, 0.05) is 27.3 Å². The summed E-state index contributed by atoms with van der Waals surface area (Å²) in [6, 6.07) is 3.75. The van der Waals surface area contributed by atoms with Crippen LogP contribution in [0.4, 0.5) is 22.0 Å². The van der Waals surface area contributed by atoms with Gasteiger partial charge in [0.05, 0.1) is 19.4 Å². The topological polar surface area (TPSA) is 123 Å². The quantitative estimate of drug-likeness (QED) is 0.183. The Morgan fingerprint density at radius 2 is 1.69 bits per heavy atom. The van der Waals surface area contributed by atoms with Crippen LogP contribution in [0.3, 0.4) is 0 Å². The molecule has 1 saturated heterocycles. The Bertz CT molecular complexity index is 1550. The normalized spacial score (nSPS) is 22.4. The number of rotatable bonds is 8. The molecule has 1 fully saturated rings. The zero-order valence-electron chi connectivity index (χ0n) is 21.0. The maximum Gasteiger partial charge on any atom is 0.194 e. The molecule has 16 heteroatoms. The van der Waals surface area contributed by atoms with E-state index in [1.165, 1.54) is 12.4 Å². The Morgan fingerprint density at radius 1 is 1.00 bits per heavy atom. The number of halogens is 6. The first-order valence-electron chi connectivity index (χ1n) is 12.1. The van der Waals surface area contributed by atoms with Crippen molar-refractivity contribution in [3.63, 3.8) is 0 Å². The van der Waals surface area contributed by atoms with Gasteiger partial charge in [0.25, 0.3) is 0 Å². The average Bonchev–Trinajstić information content (AvgIpc) is 3.44.